The van der Waals surface area contributed by atoms with E-state index >= 15 is 0 Å². The maximum absolute atomic E-state index is 13.2. The van der Waals surface area contributed by atoms with Crippen molar-refractivity contribution in [1.29, 1.82) is 0 Å². The first-order valence-corrected chi connectivity index (χ1v) is 6.74. The standard InChI is InChI=1S/C13H7BrCl2FNO/c14-9-5-4-7(17)6-8(9)13(19)18-12-10(15)2-1-3-11(12)16/h1-6H,(H,18,19). The summed E-state index contributed by atoms with van der Waals surface area (Å²) in [6, 6.07) is 8.71. The fourth-order valence-electron chi connectivity index (χ4n) is 1.47. The molecule has 0 unspecified atom stereocenters. The fourth-order valence-corrected chi connectivity index (χ4v) is 2.39. The molecule has 0 aliphatic heterocycles. The van der Waals surface area contributed by atoms with Crippen molar-refractivity contribution in [2.45, 2.75) is 0 Å². The molecule has 0 spiro atoms. The van der Waals surface area contributed by atoms with E-state index in [1.807, 2.05) is 0 Å². The molecule has 1 N–H and O–H groups in total. The first kappa shape index (κ1) is 14.3. The fraction of sp³-hybridized carbons (Fsp3) is 0. The van der Waals surface area contributed by atoms with Crippen LogP contribution in [-0.4, -0.2) is 5.91 Å². The predicted molar refractivity (Wildman–Crippen MR) is 78.5 cm³/mol. The van der Waals surface area contributed by atoms with Crippen molar-refractivity contribution in [3.63, 3.8) is 0 Å². The lowest BCUT2D eigenvalue weighted by atomic mass is 10.2. The van der Waals surface area contributed by atoms with Gasteiger partial charge in [-0.3, -0.25) is 4.79 Å². The van der Waals surface area contributed by atoms with Gasteiger partial charge in [-0.25, -0.2) is 4.39 Å². The molecule has 0 fully saturated rings. The highest BCUT2D eigenvalue weighted by Crippen LogP contribution is 2.30. The minimum Gasteiger partial charge on any atom is -0.319 e. The Hall–Kier alpha value is -1.10. The van der Waals surface area contributed by atoms with E-state index in [0.29, 0.717) is 20.2 Å². The monoisotopic (exact) mass is 361 g/mol. The third kappa shape index (κ3) is 3.26. The number of carbonyl (C=O) groups excluding carboxylic acids is 1. The van der Waals surface area contributed by atoms with Gasteiger partial charge in [-0.2, -0.15) is 0 Å². The molecular formula is C13H7BrCl2FNO. The van der Waals surface area contributed by atoms with Crippen molar-refractivity contribution in [3.8, 4) is 0 Å². The van der Waals surface area contributed by atoms with E-state index in [1.165, 1.54) is 12.1 Å². The molecule has 0 heterocycles. The predicted octanol–water partition coefficient (Wildman–Crippen LogP) is 5.15. The van der Waals surface area contributed by atoms with Crippen LogP contribution in [0.1, 0.15) is 10.4 Å². The molecule has 98 valence electrons. The Kier molecular flexibility index (Phi) is 4.45. The van der Waals surface area contributed by atoms with Gasteiger partial charge in [-0.05, 0) is 46.3 Å². The van der Waals surface area contributed by atoms with E-state index in [-0.39, 0.29) is 5.56 Å². The Labute approximate surface area is 127 Å². The summed E-state index contributed by atoms with van der Waals surface area (Å²) in [6.45, 7) is 0. The molecule has 2 aromatic rings. The molecule has 0 aliphatic rings. The van der Waals surface area contributed by atoms with Gasteiger partial charge in [0, 0.05) is 4.47 Å². The zero-order valence-electron chi connectivity index (χ0n) is 9.38. The topological polar surface area (TPSA) is 29.1 Å². The van der Waals surface area contributed by atoms with Crippen molar-refractivity contribution >= 4 is 50.7 Å². The van der Waals surface area contributed by atoms with E-state index < -0.39 is 11.7 Å². The lowest BCUT2D eigenvalue weighted by Crippen LogP contribution is -2.13. The first-order valence-electron chi connectivity index (χ1n) is 5.19. The molecular weight excluding hydrogens is 356 g/mol. The second-order valence-electron chi connectivity index (χ2n) is 3.67. The summed E-state index contributed by atoms with van der Waals surface area (Å²) >= 11 is 15.1. The van der Waals surface area contributed by atoms with E-state index in [4.69, 9.17) is 23.2 Å². The molecule has 19 heavy (non-hydrogen) atoms. The number of hydrogen-bond acceptors (Lipinski definition) is 1. The van der Waals surface area contributed by atoms with Gasteiger partial charge in [0.1, 0.15) is 5.82 Å². The van der Waals surface area contributed by atoms with Gasteiger partial charge < -0.3 is 5.32 Å². The smallest absolute Gasteiger partial charge is 0.256 e. The van der Waals surface area contributed by atoms with Crippen molar-refractivity contribution in [2.75, 3.05) is 5.32 Å². The van der Waals surface area contributed by atoms with Crippen LogP contribution < -0.4 is 5.32 Å². The molecule has 0 radical (unpaired) electrons. The van der Waals surface area contributed by atoms with Gasteiger partial charge in [-0.15, -0.1) is 0 Å². The van der Waals surface area contributed by atoms with Gasteiger partial charge in [0.25, 0.3) is 5.91 Å². The van der Waals surface area contributed by atoms with Gasteiger partial charge in [0.2, 0.25) is 0 Å². The Bertz CT molecular complexity index is 628. The average molecular weight is 363 g/mol. The maximum atomic E-state index is 13.2. The van der Waals surface area contributed by atoms with Gasteiger partial charge in [-0.1, -0.05) is 29.3 Å². The van der Waals surface area contributed by atoms with Crippen LogP contribution in [0.5, 0.6) is 0 Å². The number of benzene rings is 2. The molecule has 0 aromatic heterocycles. The third-order valence-corrected chi connectivity index (χ3v) is 3.70. The molecule has 0 atom stereocenters. The molecule has 0 saturated carbocycles. The SMILES string of the molecule is O=C(Nc1c(Cl)cccc1Cl)c1cc(F)ccc1Br. The van der Waals surface area contributed by atoms with E-state index in [9.17, 15) is 9.18 Å². The first-order chi connectivity index (χ1) is 8.99. The molecule has 2 nitrogen and oxygen atoms in total. The lowest BCUT2D eigenvalue weighted by molar-refractivity contribution is 0.102. The number of hydrogen-bond donors (Lipinski definition) is 1. The van der Waals surface area contributed by atoms with Crippen LogP contribution in [-0.2, 0) is 0 Å². The summed E-state index contributed by atoms with van der Waals surface area (Å²) < 4.78 is 13.6. The summed E-state index contributed by atoms with van der Waals surface area (Å²) in [6.07, 6.45) is 0. The highest BCUT2D eigenvalue weighted by Gasteiger charge is 2.14. The van der Waals surface area contributed by atoms with Crippen LogP contribution in [0.15, 0.2) is 40.9 Å². The minimum atomic E-state index is -0.501. The second-order valence-corrected chi connectivity index (χ2v) is 5.34. The molecule has 0 saturated heterocycles. The summed E-state index contributed by atoms with van der Waals surface area (Å²) in [5.41, 5.74) is 0.461. The van der Waals surface area contributed by atoms with Crippen LogP contribution in [0.4, 0.5) is 10.1 Å². The van der Waals surface area contributed by atoms with Crippen molar-refractivity contribution < 1.29 is 9.18 Å². The van der Waals surface area contributed by atoms with E-state index in [0.717, 1.165) is 6.07 Å². The number of carbonyl (C=O) groups is 1. The summed E-state index contributed by atoms with van der Waals surface area (Å²) in [4.78, 5) is 12.1. The number of rotatable bonds is 2. The van der Waals surface area contributed by atoms with E-state index in [2.05, 4.69) is 21.2 Å². The van der Waals surface area contributed by atoms with Crippen LogP contribution in [0.2, 0.25) is 10.0 Å². The van der Waals surface area contributed by atoms with Gasteiger partial charge in [0.05, 0.1) is 21.3 Å². The zero-order valence-corrected chi connectivity index (χ0v) is 12.5. The Morgan fingerprint density at radius 3 is 2.42 bits per heavy atom. The normalized spacial score (nSPS) is 10.3. The number of amides is 1. The number of anilines is 1. The highest BCUT2D eigenvalue weighted by atomic mass is 79.9. The quantitative estimate of drug-likeness (QED) is 0.786. The Morgan fingerprint density at radius 1 is 1.16 bits per heavy atom. The van der Waals surface area contributed by atoms with Crippen LogP contribution in [0.3, 0.4) is 0 Å². The van der Waals surface area contributed by atoms with Crippen molar-refractivity contribution in [2.24, 2.45) is 0 Å². The minimum absolute atomic E-state index is 0.163. The molecule has 1 amide bonds. The van der Waals surface area contributed by atoms with Crippen LogP contribution in [0.25, 0.3) is 0 Å². The second kappa shape index (κ2) is 5.90. The number of para-hydroxylation sites is 1. The third-order valence-electron chi connectivity index (χ3n) is 2.37. The molecule has 0 bridgehead atoms. The summed E-state index contributed by atoms with van der Waals surface area (Å²) in [5, 5.41) is 3.19. The Morgan fingerprint density at radius 2 is 1.79 bits per heavy atom. The molecule has 2 rings (SSSR count). The molecule has 0 aliphatic carbocycles. The average Bonchev–Trinajstić information content (AvgIpc) is 2.37. The zero-order chi connectivity index (χ0) is 14.0. The van der Waals surface area contributed by atoms with E-state index in [1.54, 1.807) is 18.2 Å². The highest BCUT2D eigenvalue weighted by molar-refractivity contribution is 9.10. The summed E-state index contributed by atoms with van der Waals surface area (Å²) in [5.74, 6) is -1.00. The summed E-state index contributed by atoms with van der Waals surface area (Å²) in [7, 11) is 0. The van der Waals surface area contributed by atoms with Crippen LogP contribution >= 0.6 is 39.1 Å². The van der Waals surface area contributed by atoms with Crippen molar-refractivity contribution in [3.05, 3.63) is 62.3 Å². The molecule has 2 aromatic carbocycles. The Balaban J connectivity index is 2.34. The molecule has 6 heteroatoms. The number of nitrogens with one attached hydrogen (secondary N) is 1. The van der Waals surface area contributed by atoms with Gasteiger partial charge in [0.15, 0.2) is 0 Å². The lowest BCUT2D eigenvalue weighted by Gasteiger charge is -2.10. The maximum Gasteiger partial charge on any atom is 0.256 e. The van der Waals surface area contributed by atoms with Gasteiger partial charge >= 0.3 is 0 Å². The number of halogens is 4. The largest absolute Gasteiger partial charge is 0.319 e. The van der Waals surface area contributed by atoms with Crippen molar-refractivity contribution in [1.82, 2.24) is 0 Å². The van der Waals surface area contributed by atoms with Crippen LogP contribution in [0, 0.1) is 5.82 Å².